The number of carbonyl (C=O) groups excluding carboxylic acids is 3. The molecule has 3 aromatic rings. The van der Waals surface area contributed by atoms with E-state index in [1.54, 1.807) is 45.2 Å². The molecule has 238 valence electrons. The van der Waals surface area contributed by atoms with Crippen LogP contribution in [0.3, 0.4) is 0 Å². The summed E-state index contributed by atoms with van der Waals surface area (Å²) >= 11 is 1.58. The van der Waals surface area contributed by atoms with Gasteiger partial charge in [-0.25, -0.2) is 9.78 Å². The Morgan fingerprint density at radius 1 is 1.20 bits per heavy atom. The van der Waals surface area contributed by atoms with Crippen LogP contribution in [0.2, 0.25) is 0 Å². The number of hydrogen-bond acceptors (Lipinski definition) is 9. The number of aliphatic hydroxyl groups is 1. The second-order valence-electron chi connectivity index (χ2n) is 12.8. The van der Waals surface area contributed by atoms with Crippen molar-refractivity contribution in [2.45, 2.75) is 91.1 Å². The number of aryl methyl sites for hydroxylation is 1. The standard InChI is InChI=1S/C32H43N5O6S/c1-18(2)27(26-13-23(35-43-26)15-36(8)31(41)42-32(5,6)7)30(40)37-16-24(38)14-25(37)29(39)34-19(3)21-9-11-22(12-10-21)28-20(4)33-17-44-28/h9-13,17-19,24-25,27,38H,14-16H2,1-8H3,(H,34,39)/t19-,24+,25-,27?/m0/s1. The molecule has 0 radical (unpaired) electrons. The molecule has 0 saturated carbocycles. The van der Waals surface area contributed by atoms with Crippen LogP contribution in [0.1, 0.15) is 82.6 Å². The molecule has 1 saturated heterocycles. The zero-order chi connectivity index (χ0) is 32.3. The number of amides is 3. The summed E-state index contributed by atoms with van der Waals surface area (Å²) in [5, 5.41) is 17.6. The SMILES string of the molecule is Cc1ncsc1-c1ccc([C@H](C)NC(=O)[C@@H]2C[C@@H](O)CN2C(=O)C(c2cc(CN(C)C(=O)OC(C)(C)C)no2)C(C)C)cc1. The lowest BCUT2D eigenvalue weighted by Crippen LogP contribution is -2.48. The van der Waals surface area contributed by atoms with E-state index in [2.05, 4.69) is 15.5 Å². The Hall–Kier alpha value is -3.77. The predicted octanol–water partition coefficient (Wildman–Crippen LogP) is 5.05. The minimum atomic E-state index is -0.832. The number of aliphatic hydroxyl groups excluding tert-OH is 1. The number of ether oxygens (including phenoxy) is 1. The first-order chi connectivity index (χ1) is 20.6. The number of nitrogens with one attached hydrogen (secondary N) is 1. The molecule has 2 N–H and O–H groups in total. The quantitative estimate of drug-likeness (QED) is 0.337. The summed E-state index contributed by atoms with van der Waals surface area (Å²) in [6.45, 7) is 13.2. The van der Waals surface area contributed by atoms with Crippen molar-refractivity contribution in [3.63, 3.8) is 0 Å². The molecule has 0 spiro atoms. The Bertz CT molecular complexity index is 1460. The Balaban J connectivity index is 1.44. The van der Waals surface area contributed by atoms with Crippen LogP contribution >= 0.6 is 11.3 Å². The Kier molecular flexibility index (Phi) is 10.1. The zero-order valence-electron chi connectivity index (χ0n) is 26.7. The summed E-state index contributed by atoms with van der Waals surface area (Å²) in [5.74, 6) is -1.24. The molecule has 1 aliphatic heterocycles. The van der Waals surface area contributed by atoms with Gasteiger partial charge in [-0.15, -0.1) is 11.3 Å². The van der Waals surface area contributed by atoms with Crippen LogP contribution in [0.25, 0.3) is 10.4 Å². The van der Waals surface area contributed by atoms with Crippen molar-refractivity contribution >= 4 is 29.2 Å². The number of β-amino-alcohol motifs (C(OH)–C–C–N with tert-alkyl or cyclic N) is 1. The number of carbonyl (C=O) groups is 3. The molecule has 1 unspecified atom stereocenters. The molecule has 3 heterocycles. The van der Waals surface area contributed by atoms with Crippen LogP contribution in [0, 0.1) is 12.8 Å². The predicted molar refractivity (Wildman–Crippen MR) is 167 cm³/mol. The molecule has 1 aromatic carbocycles. The number of rotatable bonds is 9. The van der Waals surface area contributed by atoms with Crippen LogP contribution in [0.15, 0.2) is 40.4 Å². The normalized spacial score (nSPS) is 18.3. The second-order valence-corrected chi connectivity index (χ2v) is 13.6. The topological polar surface area (TPSA) is 138 Å². The van der Waals surface area contributed by atoms with Crippen molar-refractivity contribution in [1.82, 2.24) is 25.3 Å². The third-order valence-corrected chi connectivity index (χ3v) is 8.54. The van der Waals surface area contributed by atoms with Gasteiger partial charge in [0.1, 0.15) is 29.0 Å². The van der Waals surface area contributed by atoms with Gasteiger partial charge in [-0.2, -0.15) is 0 Å². The van der Waals surface area contributed by atoms with Gasteiger partial charge in [0, 0.05) is 26.1 Å². The molecular weight excluding hydrogens is 582 g/mol. The lowest BCUT2D eigenvalue weighted by Gasteiger charge is -2.29. The van der Waals surface area contributed by atoms with E-state index in [9.17, 15) is 19.5 Å². The van der Waals surface area contributed by atoms with E-state index in [1.807, 2.05) is 57.5 Å². The maximum Gasteiger partial charge on any atom is 0.410 e. The highest BCUT2D eigenvalue weighted by Crippen LogP contribution is 2.32. The zero-order valence-corrected chi connectivity index (χ0v) is 27.5. The summed E-state index contributed by atoms with van der Waals surface area (Å²) in [7, 11) is 1.60. The van der Waals surface area contributed by atoms with E-state index in [0.717, 1.165) is 21.7 Å². The fourth-order valence-electron chi connectivity index (χ4n) is 5.31. The van der Waals surface area contributed by atoms with Crippen LogP contribution in [-0.2, 0) is 20.9 Å². The fourth-order valence-corrected chi connectivity index (χ4v) is 6.12. The van der Waals surface area contributed by atoms with Gasteiger partial charge in [0.15, 0.2) is 0 Å². The summed E-state index contributed by atoms with van der Waals surface area (Å²) in [4.78, 5) is 48.1. The lowest BCUT2D eigenvalue weighted by molar-refractivity contribution is -0.141. The molecule has 0 aliphatic carbocycles. The summed E-state index contributed by atoms with van der Waals surface area (Å²) in [6.07, 6.45) is -1.19. The van der Waals surface area contributed by atoms with Crippen molar-refractivity contribution in [1.29, 1.82) is 0 Å². The highest BCUT2D eigenvalue weighted by Gasteiger charge is 2.43. The summed E-state index contributed by atoms with van der Waals surface area (Å²) < 4.78 is 11.0. The maximum absolute atomic E-state index is 13.9. The molecule has 4 rings (SSSR count). The van der Waals surface area contributed by atoms with Gasteiger partial charge in [-0.1, -0.05) is 43.3 Å². The van der Waals surface area contributed by atoms with E-state index in [4.69, 9.17) is 9.26 Å². The van der Waals surface area contributed by atoms with Gasteiger partial charge in [0.25, 0.3) is 0 Å². The van der Waals surface area contributed by atoms with Gasteiger partial charge < -0.3 is 29.5 Å². The van der Waals surface area contributed by atoms with Gasteiger partial charge in [-0.3, -0.25) is 9.59 Å². The van der Waals surface area contributed by atoms with Crippen molar-refractivity contribution < 1.29 is 28.8 Å². The molecule has 2 aromatic heterocycles. The minimum Gasteiger partial charge on any atom is -0.444 e. The molecule has 44 heavy (non-hydrogen) atoms. The summed E-state index contributed by atoms with van der Waals surface area (Å²) in [6, 6.07) is 8.49. The Morgan fingerprint density at radius 3 is 2.48 bits per heavy atom. The van der Waals surface area contributed by atoms with Crippen LogP contribution in [0.5, 0.6) is 0 Å². The number of likely N-dealkylation sites (tertiary alicyclic amines) is 1. The van der Waals surface area contributed by atoms with Crippen molar-refractivity contribution in [2.75, 3.05) is 13.6 Å². The molecule has 3 amide bonds. The Labute approximate surface area is 262 Å². The molecule has 11 nitrogen and oxygen atoms in total. The van der Waals surface area contributed by atoms with E-state index in [0.29, 0.717) is 11.5 Å². The first-order valence-corrected chi connectivity index (χ1v) is 15.7. The largest absolute Gasteiger partial charge is 0.444 e. The van der Waals surface area contributed by atoms with Gasteiger partial charge in [0.2, 0.25) is 11.8 Å². The molecule has 12 heteroatoms. The number of hydrogen-bond donors (Lipinski definition) is 2. The number of nitrogens with zero attached hydrogens (tertiary/aromatic N) is 4. The smallest absolute Gasteiger partial charge is 0.410 e. The van der Waals surface area contributed by atoms with Crippen LogP contribution < -0.4 is 5.32 Å². The highest BCUT2D eigenvalue weighted by molar-refractivity contribution is 7.13. The third kappa shape index (κ3) is 7.84. The van der Waals surface area contributed by atoms with Crippen molar-refractivity contribution in [2.24, 2.45) is 5.92 Å². The molecule has 4 atom stereocenters. The number of aromatic nitrogens is 2. The number of benzene rings is 1. The van der Waals surface area contributed by atoms with Gasteiger partial charge >= 0.3 is 6.09 Å². The molecule has 1 aliphatic rings. The maximum atomic E-state index is 13.9. The lowest BCUT2D eigenvalue weighted by atomic mass is 9.91. The van der Waals surface area contributed by atoms with E-state index in [1.165, 1.54) is 9.80 Å². The van der Waals surface area contributed by atoms with Gasteiger partial charge in [0.05, 0.1) is 34.8 Å². The second kappa shape index (κ2) is 13.5. The number of thiazole rings is 1. The monoisotopic (exact) mass is 625 g/mol. The molecular formula is C32H43N5O6S. The van der Waals surface area contributed by atoms with E-state index < -0.39 is 29.8 Å². The third-order valence-electron chi connectivity index (χ3n) is 7.56. The summed E-state index contributed by atoms with van der Waals surface area (Å²) in [5.41, 5.74) is 4.61. The molecule has 0 bridgehead atoms. The van der Waals surface area contributed by atoms with E-state index in [-0.39, 0.29) is 43.3 Å². The van der Waals surface area contributed by atoms with Crippen molar-refractivity contribution in [3.8, 4) is 10.4 Å². The highest BCUT2D eigenvalue weighted by atomic mass is 32.1. The fraction of sp³-hybridized carbons (Fsp3) is 0.531. The van der Waals surface area contributed by atoms with E-state index >= 15 is 0 Å². The van der Waals surface area contributed by atoms with Crippen LogP contribution in [-0.4, -0.2) is 74.3 Å². The first kappa shape index (κ1) is 33.1. The average molecular weight is 626 g/mol. The average Bonchev–Trinajstić information content (AvgIpc) is 3.67. The minimum absolute atomic E-state index is 0.0415. The first-order valence-electron chi connectivity index (χ1n) is 14.8. The van der Waals surface area contributed by atoms with Crippen molar-refractivity contribution in [3.05, 3.63) is 58.6 Å². The van der Waals surface area contributed by atoms with Gasteiger partial charge in [-0.05, 0) is 51.7 Å². The Morgan fingerprint density at radius 2 is 1.89 bits per heavy atom. The molecule has 1 fully saturated rings. The van der Waals surface area contributed by atoms with Crippen LogP contribution in [0.4, 0.5) is 4.79 Å².